The summed E-state index contributed by atoms with van der Waals surface area (Å²) in [6, 6.07) is 0. The summed E-state index contributed by atoms with van der Waals surface area (Å²) in [6.07, 6.45) is 3.73. The van der Waals surface area contributed by atoms with E-state index in [1.54, 1.807) is 6.20 Å². The summed E-state index contributed by atoms with van der Waals surface area (Å²) in [5, 5.41) is 0. The SMILES string of the molecule is NC(=O)c1cnc(N2CCOCC2)nc1C1CC1. The fourth-order valence-electron chi connectivity index (χ4n) is 2.16. The van der Waals surface area contributed by atoms with E-state index in [0.717, 1.165) is 31.6 Å². The van der Waals surface area contributed by atoms with Crippen molar-refractivity contribution >= 4 is 11.9 Å². The van der Waals surface area contributed by atoms with Gasteiger partial charge in [-0.3, -0.25) is 4.79 Å². The van der Waals surface area contributed by atoms with Gasteiger partial charge in [-0.05, 0) is 12.8 Å². The minimum Gasteiger partial charge on any atom is -0.378 e. The number of aromatic nitrogens is 2. The molecule has 2 fully saturated rings. The predicted molar refractivity (Wildman–Crippen MR) is 65.6 cm³/mol. The number of nitrogens with two attached hydrogens (primary N) is 1. The maximum absolute atomic E-state index is 11.4. The third-order valence-electron chi connectivity index (χ3n) is 3.33. The zero-order valence-corrected chi connectivity index (χ0v) is 10.1. The first-order valence-corrected chi connectivity index (χ1v) is 6.25. The lowest BCUT2D eigenvalue weighted by Gasteiger charge is -2.27. The minimum absolute atomic E-state index is 0.385. The van der Waals surface area contributed by atoms with Gasteiger partial charge in [0.1, 0.15) is 0 Å². The number of carbonyl (C=O) groups is 1. The Balaban J connectivity index is 1.91. The third-order valence-corrected chi connectivity index (χ3v) is 3.33. The summed E-state index contributed by atoms with van der Waals surface area (Å²) in [7, 11) is 0. The van der Waals surface area contributed by atoms with E-state index >= 15 is 0 Å². The molecule has 1 saturated carbocycles. The smallest absolute Gasteiger partial charge is 0.252 e. The number of hydrogen-bond donors (Lipinski definition) is 1. The van der Waals surface area contributed by atoms with Gasteiger partial charge >= 0.3 is 0 Å². The number of ether oxygens (including phenoxy) is 1. The number of hydrogen-bond acceptors (Lipinski definition) is 5. The van der Waals surface area contributed by atoms with Crippen LogP contribution in [0.5, 0.6) is 0 Å². The van der Waals surface area contributed by atoms with Crippen molar-refractivity contribution in [3.63, 3.8) is 0 Å². The first kappa shape index (κ1) is 11.4. The van der Waals surface area contributed by atoms with Crippen LogP contribution in [0.3, 0.4) is 0 Å². The number of primary amides is 1. The van der Waals surface area contributed by atoms with Crippen molar-refractivity contribution in [2.45, 2.75) is 18.8 Å². The highest BCUT2D eigenvalue weighted by atomic mass is 16.5. The van der Waals surface area contributed by atoms with Crippen LogP contribution in [0.4, 0.5) is 5.95 Å². The van der Waals surface area contributed by atoms with E-state index in [1.807, 2.05) is 0 Å². The zero-order valence-electron chi connectivity index (χ0n) is 10.1. The molecule has 0 radical (unpaired) electrons. The Morgan fingerprint density at radius 1 is 1.39 bits per heavy atom. The van der Waals surface area contributed by atoms with E-state index in [4.69, 9.17) is 10.5 Å². The summed E-state index contributed by atoms with van der Waals surface area (Å²) in [4.78, 5) is 22.2. The maximum atomic E-state index is 11.4. The molecule has 1 saturated heterocycles. The van der Waals surface area contributed by atoms with E-state index in [0.29, 0.717) is 30.6 Å². The Morgan fingerprint density at radius 3 is 2.72 bits per heavy atom. The molecule has 18 heavy (non-hydrogen) atoms. The molecule has 2 N–H and O–H groups in total. The van der Waals surface area contributed by atoms with Gasteiger partial charge in [0.05, 0.1) is 24.5 Å². The van der Waals surface area contributed by atoms with Crippen LogP contribution in [0.2, 0.25) is 0 Å². The van der Waals surface area contributed by atoms with Crippen LogP contribution >= 0.6 is 0 Å². The molecule has 0 unspecified atom stereocenters. The lowest BCUT2D eigenvalue weighted by molar-refractivity contribution is 0.0998. The quantitative estimate of drug-likeness (QED) is 0.831. The van der Waals surface area contributed by atoms with Crippen LogP contribution in [-0.2, 0) is 4.74 Å². The molecule has 1 aliphatic heterocycles. The van der Waals surface area contributed by atoms with Gasteiger partial charge in [0.2, 0.25) is 5.95 Å². The predicted octanol–water partition coefficient (Wildman–Crippen LogP) is 0.289. The van der Waals surface area contributed by atoms with Crippen LogP contribution in [0.1, 0.15) is 34.8 Å². The number of morpholine rings is 1. The standard InChI is InChI=1S/C12H16N4O2/c13-11(17)9-7-14-12(15-10(9)8-1-2-8)16-3-5-18-6-4-16/h7-8H,1-6H2,(H2,13,17). The summed E-state index contributed by atoms with van der Waals surface area (Å²) < 4.78 is 5.30. The zero-order chi connectivity index (χ0) is 12.5. The van der Waals surface area contributed by atoms with Crippen LogP contribution in [0.25, 0.3) is 0 Å². The Labute approximate surface area is 105 Å². The second kappa shape index (κ2) is 4.53. The number of amides is 1. The minimum atomic E-state index is -0.439. The van der Waals surface area contributed by atoms with Crippen molar-refractivity contribution in [3.8, 4) is 0 Å². The second-order valence-electron chi connectivity index (χ2n) is 4.71. The summed E-state index contributed by atoms with van der Waals surface area (Å²) >= 11 is 0. The Morgan fingerprint density at radius 2 is 2.11 bits per heavy atom. The highest BCUT2D eigenvalue weighted by Crippen LogP contribution is 2.40. The van der Waals surface area contributed by atoms with Crippen molar-refractivity contribution in [2.24, 2.45) is 5.73 Å². The normalized spacial score (nSPS) is 19.9. The fraction of sp³-hybridized carbons (Fsp3) is 0.583. The van der Waals surface area contributed by atoms with E-state index in [9.17, 15) is 4.79 Å². The molecule has 2 aliphatic rings. The van der Waals surface area contributed by atoms with Crippen LogP contribution in [0, 0.1) is 0 Å². The molecule has 0 atom stereocenters. The average molecular weight is 248 g/mol. The first-order chi connectivity index (χ1) is 8.75. The Hall–Kier alpha value is -1.69. The molecule has 2 heterocycles. The van der Waals surface area contributed by atoms with Gasteiger partial charge in [0, 0.05) is 25.2 Å². The number of rotatable bonds is 3. The van der Waals surface area contributed by atoms with Crippen LogP contribution < -0.4 is 10.6 Å². The molecule has 0 bridgehead atoms. The van der Waals surface area contributed by atoms with Gasteiger partial charge in [-0.2, -0.15) is 0 Å². The van der Waals surface area contributed by atoms with Crippen molar-refractivity contribution in [1.82, 2.24) is 9.97 Å². The Bertz CT molecular complexity index is 467. The largest absolute Gasteiger partial charge is 0.378 e. The van der Waals surface area contributed by atoms with Gasteiger partial charge in [0.15, 0.2) is 0 Å². The monoisotopic (exact) mass is 248 g/mol. The van der Waals surface area contributed by atoms with Crippen molar-refractivity contribution in [2.75, 3.05) is 31.2 Å². The van der Waals surface area contributed by atoms with Gasteiger partial charge in [-0.15, -0.1) is 0 Å². The number of carbonyl (C=O) groups excluding carboxylic acids is 1. The molecule has 6 heteroatoms. The van der Waals surface area contributed by atoms with E-state index in [1.165, 1.54) is 0 Å². The molecular formula is C12H16N4O2. The maximum Gasteiger partial charge on any atom is 0.252 e. The summed E-state index contributed by atoms with van der Waals surface area (Å²) in [6.45, 7) is 2.97. The van der Waals surface area contributed by atoms with E-state index < -0.39 is 5.91 Å². The van der Waals surface area contributed by atoms with Gasteiger partial charge in [-0.1, -0.05) is 0 Å². The lowest BCUT2D eigenvalue weighted by Crippen LogP contribution is -2.37. The molecule has 0 aromatic carbocycles. The molecule has 96 valence electrons. The van der Waals surface area contributed by atoms with Crippen molar-refractivity contribution in [3.05, 3.63) is 17.5 Å². The van der Waals surface area contributed by atoms with Gasteiger partial charge < -0.3 is 15.4 Å². The highest BCUT2D eigenvalue weighted by Gasteiger charge is 2.30. The van der Waals surface area contributed by atoms with Gasteiger partial charge in [-0.25, -0.2) is 9.97 Å². The topological polar surface area (TPSA) is 81.3 Å². The fourth-order valence-corrected chi connectivity index (χ4v) is 2.16. The van der Waals surface area contributed by atoms with Crippen molar-refractivity contribution in [1.29, 1.82) is 0 Å². The third kappa shape index (κ3) is 2.15. The summed E-state index contributed by atoms with van der Waals surface area (Å²) in [5.74, 6) is 0.630. The summed E-state index contributed by atoms with van der Waals surface area (Å²) in [5.41, 5.74) is 6.64. The molecule has 3 rings (SSSR count). The molecular weight excluding hydrogens is 232 g/mol. The molecule has 1 aliphatic carbocycles. The molecule has 1 amide bonds. The van der Waals surface area contributed by atoms with Gasteiger partial charge in [0.25, 0.3) is 5.91 Å². The average Bonchev–Trinajstić information content (AvgIpc) is 3.23. The molecule has 1 aromatic heterocycles. The van der Waals surface area contributed by atoms with Crippen LogP contribution in [0.15, 0.2) is 6.20 Å². The van der Waals surface area contributed by atoms with Crippen molar-refractivity contribution < 1.29 is 9.53 Å². The van der Waals surface area contributed by atoms with E-state index in [2.05, 4.69) is 14.9 Å². The second-order valence-corrected chi connectivity index (χ2v) is 4.71. The lowest BCUT2D eigenvalue weighted by atomic mass is 10.1. The first-order valence-electron chi connectivity index (χ1n) is 6.25. The van der Waals surface area contributed by atoms with E-state index in [-0.39, 0.29) is 0 Å². The highest BCUT2D eigenvalue weighted by molar-refractivity contribution is 5.94. The molecule has 1 aromatic rings. The Kier molecular flexibility index (Phi) is 2.87. The molecule has 0 spiro atoms. The number of nitrogens with zero attached hydrogens (tertiary/aromatic N) is 3. The molecule has 6 nitrogen and oxygen atoms in total. The number of anilines is 1. The van der Waals surface area contributed by atoms with Crippen LogP contribution in [-0.4, -0.2) is 42.2 Å².